The molecule has 2 amide bonds. The van der Waals surface area contributed by atoms with Crippen LogP contribution in [0.3, 0.4) is 0 Å². The van der Waals surface area contributed by atoms with Gasteiger partial charge < -0.3 is 10.2 Å². The molecule has 0 heterocycles. The molecule has 0 aliphatic rings. The second-order valence-electron chi connectivity index (χ2n) is 10.3. The molecule has 0 aromatic heterocycles. The number of hydrogen-bond donors (Lipinski definition) is 1. The maximum atomic E-state index is 13.8. The van der Waals surface area contributed by atoms with E-state index in [0.29, 0.717) is 25.1 Å². The predicted octanol–water partition coefficient (Wildman–Crippen LogP) is 5.02. The van der Waals surface area contributed by atoms with Crippen LogP contribution in [0.4, 0.5) is 5.69 Å². The SMILES string of the molecule is CCCNC(=O)[C@@H](Cc1ccccc1)N(Cc1ccccc1)C(=O)CCCN(c1cc(C)cc(C)c1)S(C)(=O)=O. The summed E-state index contributed by atoms with van der Waals surface area (Å²) in [6.45, 7) is 6.82. The van der Waals surface area contributed by atoms with Gasteiger partial charge in [0.1, 0.15) is 6.04 Å². The highest BCUT2D eigenvalue weighted by atomic mass is 32.2. The van der Waals surface area contributed by atoms with E-state index < -0.39 is 16.1 Å². The third-order valence-electron chi connectivity index (χ3n) is 6.66. The summed E-state index contributed by atoms with van der Waals surface area (Å²) in [7, 11) is -3.55. The Hall–Kier alpha value is -3.65. The van der Waals surface area contributed by atoms with Gasteiger partial charge in [0.05, 0.1) is 11.9 Å². The van der Waals surface area contributed by atoms with E-state index in [4.69, 9.17) is 0 Å². The first-order valence-electron chi connectivity index (χ1n) is 13.8. The summed E-state index contributed by atoms with van der Waals surface area (Å²) in [6.07, 6.45) is 2.78. The van der Waals surface area contributed by atoms with E-state index in [1.807, 2.05) is 99.6 Å². The minimum atomic E-state index is -3.55. The van der Waals surface area contributed by atoms with Gasteiger partial charge in [0, 0.05) is 32.5 Å². The maximum absolute atomic E-state index is 13.8. The topological polar surface area (TPSA) is 86.8 Å². The molecule has 0 saturated heterocycles. The first kappa shape index (κ1) is 30.9. The van der Waals surface area contributed by atoms with Gasteiger partial charge in [-0.05, 0) is 61.1 Å². The van der Waals surface area contributed by atoms with Crippen LogP contribution < -0.4 is 9.62 Å². The molecule has 0 bridgehead atoms. The number of aryl methyl sites for hydroxylation is 2. The van der Waals surface area contributed by atoms with Crippen LogP contribution in [-0.2, 0) is 32.6 Å². The molecule has 40 heavy (non-hydrogen) atoms. The molecule has 0 aliphatic carbocycles. The second-order valence-corrected chi connectivity index (χ2v) is 12.2. The number of carbonyl (C=O) groups is 2. The van der Waals surface area contributed by atoms with E-state index in [0.717, 1.165) is 28.7 Å². The van der Waals surface area contributed by atoms with Crippen LogP contribution in [0.25, 0.3) is 0 Å². The summed E-state index contributed by atoms with van der Waals surface area (Å²) in [5.74, 6) is -0.381. The van der Waals surface area contributed by atoms with E-state index in [1.54, 1.807) is 4.90 Å². The number of hydrogen-bond acceptors (Lipinski definition) is 4. The zero-order valence-electron chi connectivity index (χ0n) is 24.0. The van der Waals surface area contributed by atoms with E-state index in [2.05, 4.69) is 5.32 Å². The van der Waals surface area contributed by atoms with Crippen molar-refractivity contribution in [1.82, 2.24) is 10.2 Å². The summed E-state index contributed by atoms with van der Waals surface area (Å²) in [4.78, 5) is 28.9. The molecule has 3 aromatic rings. The Morgan fingerprint density at radius 2 is 1.45 bits per heavy atom. The Morgan fingerprint density at radius 3 is 2.00 bits per heavy atom. The number of benzene rings is 3. The zero-order chi connectivity index (χ0) is 29.1. The van der Waals surface area contributed by atoms with Crippen molar-refractivity contribution in [2.75, 3.05) is 23.7 Å². The summed E-state index contributed by atoms with van der Waals surface area (Å²) >= 11 is 0. The lowest BCUT2D eigenvalue weighted by Gasteiger charge is -2.32. The molecule has 8 heteroatoms. The molecule has 1 atom stereocenters. The van der Waals surface area contributed by atoms with Crippen molar-refractivity contribution in [3.63, 3.8) is 0 Å². The highest BCUT2D eigenvalue weighted by Gasteiger charge is 2.30. The molecule has 1 N–H and O–H groups in total. The molecule has 0 spiro atoms. The lowest BCUT2D eigenvalue weighted by Crippen LogP contribution is -2.50. The third kappa shape index (κ3) is 9.23. The Morgan fingerprint density at radius 1 is 0.875 bits per heavy atom. The van der Waals surface area contributed by atoms with E-state index in [9.17, 15) is 18.0 Å². The van der Waals surface area contributed by atoms with Gasteiger partial charge in [-0.15, -0.1) is 0 Å². The van der Waals surface area contributed by atoms with Gasteiger partial charge in [-0.25, -0.2) is 8.42 Å². The monoisotopic (exact) mass is 563 g/mol. The molecular weight excluding hydrogens is 522 g/mol. The van der Waals surface area contributed by atoms with Crippen LogP contribution in [0.2, 0.25) is 0 Å². The first-order chi connectivity index (χ1) is 19.1. The summed E-state index contributed by atoms with van der Waals surface area (Å²) in [5.41, 5.74) is 4.41. The highest BCUT2D eigenvalue weighted by Crippen LogP contribution is 2.23. The number of carbonyl (C=O) groups excluding carboxylic acids is 2. The van der Waals surface area contributed by atoms with Crippen molar-refractivity contribution in [2.24, 2.45) is 0 Å². The van der Waals surface area contributed by atoms with Crippen molar-refractivity contribution in [3.8, 4) is 0 Å². The van der Waals surface area contributed by atoms with E-state index >= 15 is 0 Å². The van der Waals surface area contributed by atoms with Gasteiger partial charge in [0.15, 0.2) is 0 Å². The molecule has 0 radical (unpaired) electrons. The number of nitrogens with one attached hydrogen (secondary N) is 1. The van der Waals surface area contributed by atoms with Crippen molar-refractivity contribution < 1.29 is 18.0 Å². The Kier molecular flexibility index (Phi) is 11.3. The van der Waals surface area contributed by atoms with Crippen LogP contribution in [0.1, 0.15) is 48.4 Å². The first-order valence-corrected chi connectivity index (χ1v) is 15.6. The largest absolute Gasteiger partial charge is 0.354 e. The molecular formula is C32H41N3O4S. The quantitative estimate of drug-likeness (QED) is 0.299. The van der Waals surface area contributed by atoms with Gasteiger partial charge in [-0.3, -0.25) is 13.9 Å². The fourth-order valence-electron chi connectivity index (χ4n) is 4.80. The van der Waals surface area contributed by atoms with Crippen molar-refractivity contribution in [2.45, 2.75) is 59.0 Å². The number of amides is 2. The Balaban J connectivity index is 1.86. The number of rotatable bonds is 14. The molecule has 0 saturated carbocycles. The number of nitrogens with zero attached hydrogens (tertiary/aromatic N) is 2. The smallest absolute Gasteiger partial charge is 0.243 e. The fraction of sp³-hybridized carbons (Fsp3) is 0.375. The molecule has 214 valence electrons. The minimum Gasteiger partial charge on any atom is -0.354 e. The van der Waals surface area contributed by atoms with E-state index in [1.165, 1.54) is 10.6 Å². The van der Waals surface area contributed by atoms with Crippen molar-refractivity contribution in [1.29, 1.82) is 0 Å². The summed E-state index contributed by atoms with van der Waals surface area (Å²) in [6, 6.07) is 24.3. The highest BCUT2D eigenvalue weighted by molar-refractivity contribution is 7.92. The van der Waals surface area contributed by atoms with Gasteiger partial charge in [0.25, 0.3) is 0 Å². The second kappa shape index (κ2) is 14.7. The molecule has 0 unspecified atom stereocenters. The maximum Gasteiger partial charge on any atom is 0.243 e. The standard InChI is InChI=1S/C32H41N3O4S/c1-5-18-33-32(37)30(23-27-13-8-6-9-14-27)34(24-28-15-10-7-11-16-28)31(36)17-12-19-35(40(4,38)39)29-21-25(2)20-26(3)22-29/h6-11,13-16,20-22,30H,5,12,17-19,23-24H2,1-4H3,(H,33,37)/t30-/m1/s1. The van der Waals surface area contributed by atoms with E-state index in [-0.39, 0.29) is 31.3 Å². The van der Waals surface area contributed by atoms with Crippen LogP contribution in [0, 0.1) is 13.8 Å². The molecule has 3 aromatic carbocycles. The van der Waals surface area contributed by atoms with Crippen LogP contribution >= 0.6 is 0 Å². The number of anilines is 1. The van der Waals surface area contributed by atoms with Gasteiger partial charge in [-0.1, -0.05) is 73.7 Å². The van der Waals surface area contributed by atoms with Crippen LogP contribution in [0.15, 0.2) is 78.9 Å². The van der Waals surface area contributed by atoms with Gasteiger partial charge in [-0.2, -0.15) is 0 Å². The molecule has 3 rings (SSSR count). The molecule has 0 fully saturated rings. The fourth-order valence-corrected chi connectivity index (χ4v) is 5.75. The average Bonchev–Trinajstić information content (AvgIpc) is 2.91. The number of sulfonamides is 1. The van der Waals surface area contributed by atoms with Crippen LogP contribution in [0.5, 0.6) is 0 Å². The Bertz CT molecular complexity index is 1340. The predicted molar refractivity (Wildman–Crippen MR) is 162 cm³/mol. The lowest BCUT2D eigenvalue weighted by molar-refractivity contribution is -0.141. The van der Waals surface area contributed by atoms with Crippen LogP contribution in [-0.4, -0.2) is 50.5 Å². The summed E-state index contributed by atoms with van der Waals surface area (Å²) in [5, 5.41) is 2.98. The Labute approximate surface area is 239 Å². The lowest BCUT2D eigenvalue weighted by atomic mass is 10.0. The third-order valence-corrected chi connectivity index (χ3v) is 7.86. The molecule has 0 aliphatic heterocycles. The van der Waals surface area contributed by atoms with Crippen molar-refractivity contribution in [3.05, 3.63) is 101 Å². The van der Waals surface area contributed by atoms with Gasteiger partial charge >= 0.3 is 0 Å². The summed E-state index contributed by atoms with van der Waals surface area (Å²) < 4.78 is 26.7. The minimum absolute atomic E-state index is 0.107. The van der Waals surface area contributed by atoms with Gasteiger partial charge in [0.2, 0.25) is 21.8 Å². The molecule has 7 nitrogen and oxygen atoms in total. The average molecular weight is 564 g/mol. The normalized spacial score (nSPS) is 12.0. The zero-order valence-corrected chi connectivity index (χ0v) is 24.8. The van der Waals surface area contributed by atoms with Crippen molar-refractivity contribution >= 4 is 27.5 Å².